The summed E-state index contributed by atoms with van der Waals surface area (Å²) in [5, 5.41) is 0. The van der Waals surface area contributed by atoms with Crippen LogP contribution in [0.15, 0.2) is 0 Å². The Balaban J connectivity index is 2.92. The van der Waals surface area contributed by atoms with Crippen LogP contribution in [-0.2, 0) is 0 Å². The van der Waals surface area contributed by atoms with E-state index in [1.54, 1.807) is 0 Å². The standard InChI is InChI=1S/C5H10Cl2N/c6-3-1-5(8)2-4-7/h1-4,8H2. The van der Waals surface area contributed by atoms with Gasteiger partial charge in [-0.3, -0.25) is 0 Å². The van der Waals surface area contributed by atoms with E-state index in [1.165, 1.54) is 0 Å². The van der Waals surface area contributed by atoms with Crippen molar-refractivity contribution in [3.05, 3.63) is 6.04 Å². The molecule has 0 bridgehead atoms. The van der Waals surface area contributed by atoms with Gasteiger partial charge >= 0.3 is 0 Å². The Hall–Kier alpha value is 0.540. The normalized spacial score (nSPS) is 10.5. The second-order valence-electron chi connectivity index (χ2n) is 1.54. The van der Waals surface area contributed by atoms with E-state index in [9.17, 15) is 0 Å². The molecule has 0 saturated heterocycles. The maximum Gasteiger partial charge on any atom is 0.0360 e. The summed E-state index contributed by atoms with van der Waals surface area (Å²) in [4.78, 5) is 0. The van der Waals surface area contributed by atoms with Crippen LogP contribution in [0.2, 0.25) is 0 Å². The summed E-state index contributed by atoms with van der Waals surface area (Å²) in [6, 6.07) is 0.898. The summed E-state index contributed by atoms with van der Waals surface area (Å²) in [7, 11) is 0. The molecule has 2 N–H and O–H groups in total. The molecule has 1 radical (unpaired) electrons. The molecule has 0 heterocycles. The van der Waals surface area contributed by atoms with Gasteiger partial charge < -0.3 is 5.73 Å². The van der Waals surface area contributed by atoms with E-state index >= 15 is 0 Å². The van der Waals surface area contributed by atoms with E-state index in [2.05, 4.69) is 0 Å². The fourth-order valence-electron chi connectivity index (χ4n) is 0.368. The van der Waals surface area contributed by atoms with Crippen LogP contribution in [0.4, 0.5) is 0 Å². The highest BCUT2D eigenvalue weighted by molar-refractivity contribution is 6.18. The maximum atomic E-state index is 5.44. The lowest BCUT2D eigenvalue weighted by atomic mass is 10.2. The molecule has 1 nitrogen and oxygen atoms in total. The van der Waals surface area contributed by atoms with Crippen molar-refractivity contribution in [2.75, 3.05) is 11.8 Å². The van der Waals surface area contributed by atoms with Crippen LogP contribution in [0.1, 0.15) is 12.8 Å². The largest absolute Gasteiger partial charge is 0.323 e. The number of nitrogens with two attached hydrogens (primary N) is 1. The van der Waals surface area contributed by atoms with Gasteiger partial charge in [-0.15, -0.1) is 23.2 Å². The lowest BCUT2D eigenvalue weighted by Gasteiger charge is -2.03. The molecular formula is C5H10Cl2N. The van der Waals surface area contributed by atoms with E-state index < -0.39 is 0 Å². The molecule has 0 aliphatic heterocycles. The zero-order valence-electron chi connectivity index (χ0n) is 4.66. The van der Waals surface area contributed by atoms with Crippen LogP contribution >= 0.6 is 23.2 Å². The average Bonchev–Trinajstić information content (AvgIpc) is 1.68. The van der Waals surface area contributed by atoms with Crippen molar-refractivity contribution in [2.45, 2.75) is 12.8 Å². The third-order valence-electron chi connectivity index (χ3n) is 0.831. The van der Waals surface area contributed by atoms with Crippen molar-refractivity contribution in [1.29, 1.82) is 0 Å². The first-order chi connectivity index (χ1) is 3.81. The van der Waals surface area contributed by atoms with Crippen LogP contribution < -0.4 is 5.73 Å². The van der Waals surface area contributed by atoms with Crippen LogP contribution in [0, 0.1) is 6.04 Å². The van der Waals surface area contributed by atoms with Crippen molar-refractivity contribution in [2.24, 2.45) is 5.73 Å². The van der Waals surface area contributed by atoms with Crippen molar-refractivity contribution >= 4 is 23.2 Å². The Morgan fingerprint density at radius 1 is 1.12 bits per heavy atom. The Kier molecular flexibility index (Phi) is 6.06. The third kappa shape index (κ3) is 4.69. The number of halogens is 2. The van der Waals surface area contributed by atoms with Crippen LogP contribution in [0.5, 0.6) is 0 Å². The zero-order chi connectivity index (χ0) is 6.41. The summed E-state index contributed by atoms with van der Waals surface area (Å²) in [5.41, 5.74) is 5.44. The minimum Gasteiger partial charge on any atom is -0.323 e. The molecule has 0 atom stereocenters. The van der Waals surface area contributed by atoms with Gasteiger partial charge in [0.1, 0.15) is 0 Å². The molecule has 49 valence electrons. The first kappa shape index (κ1) is 8.54. The number of rotatable bonds is 4. The van der Waals surface area contributed by atoms with Crippen molar-refractivity contribution in [1.82, 2.24) is 0 Å². The predicted octanol–water partition coefficient (Wildman–Crippen LogP) is 1.73. The monoisotopic (exact) mass is 154 g/mol. The van der Waals surface area contributed by atoms with Gasteiger partial charge in [-0.2, -0.15) is 0 Å². The fraction of sp³-hybridized carbons (Fsp3) is 0.800. The molecule has 0 fully saturated rings. The predicted molar refractivity (Wildman–Crippen MR) is 38.1 cm³/mol. The van der Waals surface area contributed by atoms with Crippen LogP contribution in [0.25, 0.3) is 0 Å². The van der Waals surface area contributed by atoms with E-state index in [4.69, 9.17) is 28.9 Å². The molecule has 0 aliphatic carbocycles. The lowest BCUT2D eigenvalue weighted by Crippen LogP contribution is -2.10. The van der Waals surface area contributed by atoms with Gasteiger partial charge in [-0.1, -0.05) is 0 Å². The molecule has 0 aromatic carbocycles. The molecule has 3 heteroatoms. The first-order valence-electron chi connectivity index (χ1n) is 2.53. The average molecular weight is 155 g/mol. The van der Waals surface area contributed by atoms with Crippen molar-refractivity contribution in [3.8, 4) is 0 Å². The van der Waals surface area contributed by atoms with E-state index in [1.807, 2.05) is 0 Å². The summed E-state index contributed by atoms with van der Waals surface area (Å²) < 4.78 is 0. The van der Waals surface area contributed by atoms with Gasteiger partial charge in [-0.05, 0) is 12.8 Å². The van der Waals surface area contributed by atoms with E-state index in [0.717, 1.165) is 18.9 Å². The molecule has 0 rings (SSSR count). The third-order valence-corrected chi connectivity index (χ3v) is 1.21. The Labute approximate surface area is 60.1 Å². The Bertz CT molecular complexity index is 43.7. The highest BCUT2D eigenvalue weighted by atomic mass is 35.5. The Morgan fingerprint density at radius 3 is 1.75 bits per heavy atom. The molecule has 0 unspecified atom stereocenters. The van der Waals surface area contributed by atoms with Crippen molar-refractivity contribution in [3.63, 3.8) is 0 Å². The number of alkyl halides is 2. The Morgan fingerprint density at radius 2 is 1.50 bits per heavy atom. The first-order valence-corrected chi connectivity index (χ1v) is 3.60. The van der Waals surface area contributed by atoms with Gasteiger partial charge in [0.15, 0.2) is 0 Å². The van der Waals surface area contributed by atoms with Crippen LogP contribution in [-0.4, -0.2) is 11.8 Å². The smallest absolute Gasteiger partial charge is 0.0360 e. The second-order valence-corrected chi connectivity index (χ2v) is 2.29. The summed E-state index contributed by atoms with van der Waals surface area (Å²) in [5.74, 6) is 1.20. The number of hydrogen-bond donors (Lipinski definition) is 1. The highest BCUT2D eigenvalue weighted by Gasteiger charge is 1.98. The van der Waals surface area contributed by atoms with E-state index in [-0.39, 0.29) is 0 Å². The molecule has 0 aliphatic rings. The SMILES string of the molecule is N[C](CCCl)CCCl. The minimum atomic E-state index is 0.600. The van der Waals surface area contributed by atoms with Gasteiger partial charge in [0.2, 0.25) is 0 Å². The summed E-state index contributed by atoms with van der Waals surface area (Å²) >= 11 is 10.8. The minimum absolute atomic E-state index is 0.600. The van der Waals surface area contributed by atoms with Gasteiger partial charge in [-0.25, -0.2) is 0 Å². The molecular weight excluding hydrogens is 145 g/mol. The quantitative estimate of drug-likeness (QED) is 0.614. The fourth-order valence-corrected chi connectivity index (χ4v) is 0.853. The van der Waals surface area contributed by atoms with E-state index in [0.29, 0.717) is 11.8 Å². The number of hydrogen-bond acceptors (Lipinski definition) is 1. The van der Waals surface area contributed by atoms with Gasteiger partial charge in [0.25, 0.3) is 0 Å². The molecule has 8 heavy (non-hydrogen) atoms. The summed E-state index contributed by atoms with van der Waals surface area (Å²) in [6.45, 7) is 0. The molecule has 0 aromatic heterocycles. The molecule has 0 spiro atoms. The zero-order valence-corrected chi connectivity index (χ0v) is 6.17. The molecule has 0 amide bonds. The molecule has 0 saturated carbocycles. The highest BCUT2D eigenvalue weighted by Crippen LogP contribution is 2.04. The van der Waals surface area contributed by atoms with Gasteiger partial charge in [0.05, 0.1) is 0 Å². The maximum absolute atomic E-state index is 5.44. The summed E-state index contributed by atoms with van der Waals surface area (Å²) in [6.07, 6.45) is 1.57. The second kappa shape index (κ2) is 5.67. The van der Waals surface area contributed by atoms with Crippen LogP contribution in [0.3, 0.4) is 0 Å². The van der Waals surface area contributed by atoms with Gasteiger partial charge in [0, 0.05) is 17.8 Å². The van der Waals surface area contributed by atoms with Crippen molar-refractivity contribution < 1.29 is 0 Å². The molecule has 0 aromatic rings. The topological polar surface area (TPSA) is 26.0 Å². The lowest BCUT2D eigenvalue weighted by molar-refractivity contribution is 0.799.